The third-order valence-electron chi connectivity index (χ3n) is 3.14. The van der Waals surface area contributed by atoms with Gasteiger partial charge in [-0.05, 0) is 44.5 Å². The maximum Gasteiger partial charge on any atom is 0.244 e. The molecule has 0 saturated carbocycles. The molecule has 0 heterocycles. The second-order valence-corrected chi connectivity index (χ2v) is 4.74. The molecule has 21 heavy (non-hydrogen) atoms. The van der Waals surface area contributed by atoms with Gasteiger partial charge in [-0.1, -0.05) is 12.1 Å². The molecule has 0 aliphatic heterocycles. The summed E-state index contributed by atoms with van der Waals surface area (Å²) in [5.74, 6) is -0.379. The van der Waals surface area contributed by atoms with Gasteiger partial charge in [0.15, 0.2) is 0 Å². The number of hydrogen-bond donors (Lipinski definition) is 2. The van der Waals surface area contributed by atoms with Gasteiger partial charge >= 0.3 is 0 Å². The molecule has 0 aromatic heterocycles. The SMILES string of the molecule is CCN(CC)C(=O)C(C)NC(=O)/C=C/c1cccc(N)c1. The quantitative estimate of drug-likeness (QED) is 0.617. The Bertz CT molecular complexity index is 522. The fraction of sp³-hybridized carbons (Fsp3) is 0.375. The summed E-state index contributed by atoms with van der Waals surface area (Å²) in [5, 5.41) is 2.67. The van der Waals surface area contributed by atoms with Gasteiger partial charge in [-0.3, -0.25) is 9.59 Å². The van der Waals surface area contributed by atoms with Crippen molar-refractivity contribution in [3.8, 4) is 0 Å². The Balaban J connectivity index is 2.59. The van der Waals surface area contributed by atoms with Crippen molar-refractivity contribution in [3.05, 3.63) is 35.9 Å². The highest BCUT2D eigenvalue weighted by Gasteiger charge is 2.18. The van der Waals surface area contributed by atoms with E-state index in [2.05, 4.69) is 5.32 Å². The minimum atomic E-state index is -0.539. The number of nitrogens with two attached hydrogens (primary N) is 1. The monoisotopic (exact) mass is 289 g/mol. The normalized spacial score (nSPS) is 12.1. The molecule has 0 spiro atoms. The lowest BCUT2D eigenvalue weighted by atomic mass is 10.2. The average Bonchev–Trinajstić information content (AvgIpc) is 2.46. The Labute approximate surface area is 125 Å². The predicted octanol–water partition coefficient (Wildman–Crippen LogP) is 1.66. The van der Waals surface area contributed by atoms with Crippen LogP contribution in [-0.2, 0) is 9.59 Å². The maximum absolute atomic E-state index is 12.0. The predicted molar refractivity (Wildman–Crippen MR) is 85.4 cm³/mol. The number of carbonyl (C=O) groups is 2. The lowest BCUT2D eigenvalue weighted by molar-refractivity contribution is -0.134. The molecule has 5 heteroatoms. The van der Waals surface area contributed by atoms with Crippen LogP contribution >= 0.6 is 0 Å². The van der Waals surface area contributed by atoms with Crippen molar-refractivity contribution in [1.82, 2.24) is 10.2 Å². The lowest BCUT2D eigenvalue weighted by Gasteiger charge is -2.23. The van der Waals surface area contributed by atoms with Crippen molar-refractivity contribution < 1.29 is 9.59 Å². The largest absolute Gasteiger partial charge is 0.399 e. The number of anilines is 1. The molecule has 0 radical (unpaired) electrons. The molecule has 114 valence electrons. The number of amides is 2. The molecule has 0 saturated heterocycles. The molecule has 5 nitrogen and oxygen atoms in total. The Morgan fingerprint density at radius 2 is 2.00 bits per heavy atom. The highest BCUT2D eigenvalue weighted by molar-refractivity contribution is 5.95. The highest BCUT2D eigenvalue weighted by atomic mass is 16.2. The first-order valence-corrected chi connectivity index (χ1v) is 7.10. The Kier molecular flexibility index (Phi) is 6.46. The van der Waals surface area contributed by atoms with E-state index in [4.69, 9.17) is 5.73 Å². The van der Waals surface area contributed by atoms with Gasteiger partial charge in [0.1, 0.15) is 6.04 Å². The van der Waals surface area contributed by atoms with Gasteiger partial charge in [-0.25, -0.2) is 0 Å². The summed E-state index contributed by atoms with van der Waals surface area (Å²) in [4.78, 5) is 25.5. The van der Waals surface area contributed by atoms with Crippen molar-refractivity contribution in [3.63, 3.8) is 0 Å². The van der Waals surface area contributed by atoms with Gasteiger partial charge in [0.25, 0.3) is 0 Å². The van der Waals surface area contributed by atoms with E-state index in [1.165, 1.54) is 6.08 Å². The van der Waals surface area contributed by atoms with E-state index in [1.807, 2.05) is 26.0 Å². The maximum atomic E-state index is 12.0. The van der Waals surface area contributed by atoms with E-state index in [1.54, 1.807) is 30.0 Å². The molecule has 1 aromatic carbocycles. The fourth-order valence-corrected chi connectivity index (χ4v) is 1.97. The van der Waals surface area contributed by atoms with Crippen LogP contribution in [-0.4, -0.2) is 35.8 Å². The fourth-order valence-electron chi connectivity index (χ4n) is 1.97. The number of carbonyl (C=O) groups excluding carboxylic acids is 2. The molecule has 1 unspecified atom stereocenters. The third-order valence-corrected chi connectivity index (χ3v) is 3.14. The van der Waals surface area contributed by atoms with Crippen LogP contribution in [0.5, 0.6) is 0 Å². The summed E-state index contributed by atoms with van der Waals surface area (Å²) >= 11 is 0. The summed E-state index contributed by atoms with van der Waals surface area (Å²) in [5.41, 5.74) is 7.15. The second kappa shape index (κ2) is 8.09. The van der Waals surface area contributed by atoms with E-state index in [0.29, 0.717) is 18.8 Å². The van der Waals surface area contributed by atoms with Crippen molar-refractivity contribution in [2.75, 3.05) is 18.8 Å². The first-order valence-electron chi connectivity index (χ1n) is 7.10. The van der Waals surface area contributed by atoms with Crippen LogP contribution in [0.15, 0.2) is 30.3 Å². The highest BCUT2D eigenvalue weighted by Crippen LogP contribution is 2.07. The van der Waals surface area contributed by atoms with Crippen LogP contribution in [0.25, 0.3) is 6.08 Å². The summed E-state index contributed by atoms with van der Waals surface area (Å²) in [7, 11) is 0. The van der Waals surface area contributed by atoms with E-state index in [9.17, 15) is 9.59 Å². The average molecular weight is 289 g/mol. The minimum Gasteiger partial charge on any atom is -0.399 e. The molecular weight excluding hydrogens is 266 g/mol. The van der Waals surface area contributed by atoms with Gasteiger partial charge in [0, 0.05) is 24.9 Å². The Hall–Kier alpha value is -2.30. The zero-order chi connectivity index (χ0) is 15.8. The van der Waals surface area contributed by atoms with Gasteiger partial charge in [-0.15, -0.1) is 0 Å². The Morgan fingerprint density at radius 3 is 2.57 bits per heavy atom. The van der Waals surface area contributed by atoms with Crippen LogP contribution in [0.1, 0.15) is 26.3 Å². The standard InChI is InChI=1S/C16H23N3O2/c1-4-19(5-2)16(21)12(3)18-15(20)10-9-13-7-6-8-14(17)11-13/h6-12H,4-5,17H2,1-3H3,(H,18,20)/b10-9+. The summed E-state index contributed by atoms with van der Waals surface area (Å²) in [6, 6.07) is 6.68. The first kappa shape index (κ1) is 16.8. The second-order valence-electron chi connectivity index (χ2n) is 4.74. The zero-order valence-corrected chi connectivity index (χ0v) is 12.8. The van der Waals surface area contributed by atoms with Crippen LogP contribution in [0.3, 0.4) is 0 Å². The molecule has 0 aliphatic rings. The minimum absolute atomic E-state index is 0.0781. The molecule has 1 aromatic rings. The molecular formula is C16H23N3O2. The van der Waals surface area contributed by atoms with Crippen molar-refractivity contribution >= 4 is 23.6 Å². The van der Waals surface area contributed by atoms with E-state index < -0.39 is 6.04 Å². The molecule has 0 bridgehead atoms. The summed E-state index contributed by atoms with van der Waals surface area (Å²) < 4.78 is 0. The molecule has 1 rings (SSSR count). The topological polar surface area (TPSA) is 75.4 Å². The van der Waals surface area contributed by atoms with Crippen LogP contribution in [0.4, 0.5) is 5.69 Å². The van der Waals surface area contributed by atoms with Gasteiger partial charge in [-0.2, -0.15) is 0 Å². The first-order chi connectivity index (χ1) is 9.97. The zero-order valence-electron chi connectivity index (χ0n) is 12.8. The summed E-state index contributed by atoms with van der Waals surface area (Å²) in [6.45, 7) is 6.78. The molecule has 2 amide bonds. The van der Waals surface area contributed by atoms with E-state index in [-0.39, 0.29) is 11.8 Å². The smallest absolute Gasteiger partial charge is 0.244 e. The molecule has 3 N–H and O–H groups in total. The van der Waals surface area contributed by atoms with Gasteiger partial charge in [0.2, 0.25) is 11.8 Å². The molecule has 1 atom stereocenters. The third kappa shape index (κ3) is 5.30. The van der Waals surface area contributed by atoms with Crippen molar-refractivity contribution in [1.29, 1.82) is 0 Å². The number of nitrogen functional groups attached to an aromatic ring is 1. The van der Waals surface area contributed by atoms with E-state index >= 15 is 0 Å². The van der Waals surface area contributed by atoms with Crippen molar-refractivity contribution in [2.45, 2.75) is 26.8 Å². The number of nitrogens with one attached hydrogen (secondary N) is 1. The number of rotatable bonds is 6. The molecule has 0 aliphatic carbocycles. The number of nitrogens with zero attached hydrogens (tertiary/aromatic N) is 1. The van der Waals surface area contributed by atoms with Gasteiger partial charge in [0.05, 0.1) is 0 Å². The number of benzene rings is 1. The summed E-state index contributed by atoms with van der Waals surface area (Å²) in [6.07, 6.45) is 3.07. The number of likely N-dealkylation sites (N-methyl/N-ethyl adjacent to an activating group) is 1. The van der Waals surface area contributed by atoms with Crippen LogP contribution in [0.2, 0.25) is 0 Å². The van der Waals surface area contributed by atoms with E-state index in [0.717, 1.165) is 5.56 Å². The lowest BCUT2D eigenvalue weighted by Crippen LogP contribution is -2.46. The molecule has 0 fully saturated rings. The van der Waals surface area contributed by atoms with Crippen LogP contribution < -0.4 is 11.1 Å². The Morgan fingerprint density at radius 1 is 1.33 bits per heavy atom. The van der Waals surface area contributed by atoms with Crippen molar-refractivity contribution in [2.24, 2.45) is 0 Å². The van der Waals surface area contributed by atoms with Crippen LogP contribution in [0, 0.1) is 0 Å². The number of hydrogen-bond acceptors (Lipinski definition) is 3. The van der Waals surface area contributed by atoms with Gasteiger partial charge < -0.3 is 16.0 Å².